The minimum absolute atomic E-state index is 0.711. The maximum atomic E-state index is 4.65. The lowest BCUT2D eigenvalue weighted by molar-refractivity contribution is 0.572. The molecule has 1 heterocycles. The molecule has 0 atom stereocenters. The van der Waals surface area contributed by atoms with Crippen LogP contribution in [0.25, 0.3) is 0 Å². The topological polar surface area (TPSA) is 37.8 Å². The Kier molecular flexibility index (Phi) is 6.27. The predicted molar refractivity (Wildman–Crippen MR) is 76.9 cm³/mol. The zero-order chi connectivity index (χ0) is 13.5. The summed E-state index contributed by atoms with van der Waals surface area (Å²) in [4.78, 5) is 9.29. The summed E-state index contributed by atoms with van der Waals surface area (Å²) in [7, 11) is 0. The summed E-state index contributed by atoms with van der Waals surface area (Å²) in [6.07, 6.45) is 3.18. The van der Waals surface area contributed by atoms with E-state index in [9.17, 15) is 0 Å². The third-order valence-corrected chi connectivity index (χ3v) is 3.21. The lowest BCUT2D eigenvalue weighted by Crippen LogP contribution is -2.18. The van der Waals surface area contributed by atoms with Crippen molar-refractivity contribution in [2.45, 2.75) is 53.9 Å². The van der Waals surface area contributed by atoms with E-state index in [-0.39, 0.29) is 0 Å². The first-order valence-electron chi connectivity index (χ1n) is 7.08. The van der Waals surface area contributed by atoms with Crippen molar-refractivity contribution in [3.8, 4) is 0 Å². The standard InChI is InChI=1S/C15H27N3/c1-6-16-10-9-14-12(4)17-15(18-13(14)5)8-7-11(2)3/h11,16H,6-10H2,1-5H3. The number of aryl methyl sites for hydroxylation is 3. The second-order valence-corrected chi connectivity index (χ2v) is 5.33. The number of nitrogens with one attached hydrogen (secondary N) is 1. The summed E-state index contributed by atoms with van der Waals surface area (Å²) in [5.74, 6) is 1.72. The smallest absolute Gasteiger partial charge is 0.128 e. The summed E-state index contributed by atoms with van der Waals surface area (Å²) < 4.78 is 0. The molecular weight excluding hydrogens is 222 g/mol. The van der Waals surface area contributed by atoms with Gasteiger partial charge in [0, 0.05) is 17.8 Å². The van der Waals surface area contributed by atoms with Crippen LogP contribution in [0.2, 0.25) is 0 Å². The lowest BCUT2D eigenvalue weighted by atomic mass is 10.1. The Morgan fingerprint density at radius 3 is 2.17 bits per heavy atom. The highest BCUT2D eigenvalue weighted by atomic mass is 14.9. The van der Waals surface area contributed by atoms with Crippen LogP contribution in [-0.2, 0) is 12.8 Å². The largest absolute Gasteiger partial charge is 0.317 e. The SMILES string of the molecule is CCNCCc1c(C)nc(CCC(C)C)nc1C. The molecule has 0 aliphatic carbocycles. The molecule has 0 amide bonds. The van der Waals surface area contributed by atoms with E-state index in [4.69, 9.17) is 0 Å². The van der Waals surface area contributed by atoms with Gasteiger partial charge in [-0.1, -0.05) is 20.8 Å². The average molecular weight is 249 g/mol. The van der Waals surface area contributed by atoms with Crippen LogP contribution in [0.5, 0.6) is 0 Å². The van der Waals surface area contributed by atoms with E-state index in [2.05, 4.69) is 49.9 Å². The maximum absolute atomic E-state index is 4.65. The van der Waals surface area contributed by atoms with Gasteiger partial charge in [0.25, 0.3) is 0 Å². The van der Waals surface area contributed by atoms with E-state index in [0.717, 1.165) is 49.6 Å². The van der Waals surface area contributed by atoms with Gasteiger partial charge in [0.1, 0.15) is 5.82 Å². The van der Waals surface area contributed by atoms with Crippen molar-refractivity contribution in [3.05, 3.63) is 22.8 Å². The molecule has 0 aliphatic heterocycles. The Balaban J connectivity index is 2.71. The van der Waals surface area contributed by atoms with Crippen LogP contribution in [0.1, 0.15) is 50.0 Å². The first kappa shape index (κ1) is 15.1. The van der Waals surface area contributed by atoms with Crippen LogP contribution in [0, 0.1) is 19.8 Å². The van der Waals surface area contributed by atoms with Crippen LogP contribution in [0.4, 0.5) is 0 Å². The van der Waals surface area contributed by atoms with Crippen molar-refractivity contribution in [1.29, 1.82) is 0 Å². The van der Waals surface area contributed by atoms with Crippen LogP contribution in [0.3, 0.4) is 0 Å². The fourth-order valence-electron chi connectivity index (χ4n) is 2.09. The molecule has 0 aliphatic rings. The average Bonchev–Trinajstić information content (AvgIpc) is 2.30. The van der Waals surface area contributed by atoms with Gasteiger partial charge in [0.05, 0.1) is 0 Å². The van der Waals surface area contributed by atoms with Gasteiger partial charge in [-0.15, -0.1) is 0 Å². The molecule has 1 rings (SSSR count). The molecule has 0 radical (unpaired) electrons. The molecule has 0 saturated carbocycles. The minimum atomic E-state index is 0.711. The number of hydrogen-bond acceptors (Lipinski definition) is 3. The molecular formula is C15H27N3. The van der Waals surface area contributed by atoms with E-state index in [1.807, 2.05) is 0 Å². The van der Waals surface area contributed by atoms with Gasteiger partial charge in [-0.25, -0.2) is 9.97 Å². The molecule has 0 aromatic carbocycles. The number of rotatable bonds is 7. The molecule has 102 valence electrons. The van der Waals surface area contributed by atoms with Crippen molar-refractivity contribution in [3.63, 3.8) is 0 Å². The quantitative estimate of drug-likeness (QED) is 0.755. The van der Waals surface area contributed by atoms with Gasteiger partial charge >= 0.3 is 0 Å². The molecule has 0 unspecified atom stereocenters. The zero-order valence-electron chi connectivity index (χ0n) is 12.5. The van der Waals surface area contributed by atoms with Crippen LogP contribution in [-0.4, -0.2) is 23.1 Å². The van der Waals surface area contributed by atoms with Gasteiger partial charge in [-0.2, -0.15) is 0 Å². The summed E-state index contributed by atoms with van der Waals surface area (Å²) in [5.41, 5.74) is 3.61. The third-order valence-electron chi connectivity index (χ3n) is 3.21. The molecule has 1 aromatic rings. The van der Waals surface area contributed by atoms with Gasteiger partial charge < -0.3 is 5.32 Å². The lowest BCUT2D eigenvalue weighted by Gasteiger charge is -2.11. The number of hydrogen-bond donors (Lipinski definition) is 1. The van der Waals surface area contributed by atoms with Gasteiger partial charge in [0.15, 0.2) is 0 Å². The molecule has 0 spiro atoms. The van der Waals surface area contributed by atoms with Crippen molar-refractivity contribution in [2.24, 2.45) is 5.92 Å². The summed E-state index contributed by atoms with van der Waals surface area (Å²) in [6.45, 7) is 12.8. The second kappa shape index (κ2) is 7.47. The highest BCUT2D eigenvalue weighted by molar-refractivity contribution is 5.24. The van der Waals surface area contributed by atoms with Crippen LogP contribution in [0.15, 0.2) is 0 Å². The van der Waals surface area contributed by atoms with Gasteiger partial charge in [0.2, 0.25) is 0 Å². The Morgan fingerprint density at radius 1 is 1.06 bits per heavy atom. The van der Waals surface area contributed by atoms with Crippen molar-refractivity contribution >= 4 is 0 Å². The third kappa shape index (κ3) is 4.73. The Morgan fingerprint density at radius 2 is 1.67 bits per heavy atom. The molecule has 3 nitrogen and oxygen atoms in total. The van der Waals surface area contributed by atoms with Gasteiger partial charge in [-0.05, 0) is 51.3 Å². The molecule has 1 N–H and O–H groups in total. The monoisotopic (exact) mass is 249 g/mol. The van der Waals surface area contributed by atoms with Crippen LogP contribution < -0.4 is 5.32 Å². The maximum Gasteiger partial charge on any atom is 0.128 e. The number of nitrogens with zero attached hydrogens (tertiary/aromatic N) is 2. The van der Waals surface area contributed by atoms with Crippen LogP contribution >= 0.6 is 0 Å². The Bertz CT molecular complexity index is 349. The molecule has 0 bridgehead atoms. The molecule has 0 saturated heterocycles. The second-order valence-electron chi connectivity index (χ2n) is 5.33. The minimum Gasteiger partial charge on any atom is -0.317 e. The number of aromatic nitrogens is 2. The summed E-state index contributed by atoms with van der Waals surface area (Å²) in [6, 6.07) is 0. The van der Waals surface area contributed by atoms with Crippen molar-refractivity contribution in [1.82, 2.24) is 15.3 Å². The summed E-state index contributed by atoms with van der Waals surface area (Å²) in [5, 5.41) is 3.35. The molecule has 18 heavy (non-hydrogen) atoms. The summed E-state index contributed by atoms with van der Waals surface area (Å²) >= 11 is 0. The van der Waals surface area contributed by atoms with Crippen molar-refractivity contribution in [2.75, 3.05) is 13.1 Å². The predicted octanol–water partition coefficient (Wildman–Crippen LogP) is 2.83. The van der Waals surface area contributed by atoms with E-state index < -0.39 is 0 Å². The van der Waals surface area contributed by atoms with E-state index >= 15 is 0 Å². The Labute approximate surface area is 111 Å². The van der Waals surface area contributed by atoms with Crippen molar-refractivity contribution < 1.29 is 0 Å². The highest BCUT2D eigenvalue weighted by Gasteiger charge is 2.08. The zero-order valence-corrected chi connectivity index (χ0v) is 12.5. The fraction of sp³-hybridized carbons (Fsp3) is 0.733. The normalized spacial score (nSPS) is 11.2. The van der Waals surface area contributed by atoms with E-state index in [0.29, 0.717) is 5.92 Å². The fourth-order valence-corrected chi connectivity index (χ4v) is 2.09. The molecule has 0 fully saturated rings. The molecule has 1 aromatic heterocycles. The first-order valence-corrected chi connectivity index (χ1v) is 7.08. The Hall–Kier alpha value is -0.960. The highest BCUT2D eigenvalue weighted by Crippen LogP contribution is 2.13. The van der Waals surface area contributed by atoms with E-state index in [1.165, 1.54) is 5.56 Å². The molecule has 3 heteroatoms. The number of likely N-dealkylation sites (N-methyl/N-ethyl adjacent to an activating group) is 1. The first-order chi connectivity index (χ1) is 8.54. The van der Waals surface area contributed by atoms with E-state index in [1.54, 1.807) is 0 Å². The van der Waals surface area contributed by atoms with Gasteiger partial charge in [-0.3, -0.25) is 0 Å².